The Labute approximate surface area is 77.5 Å². The van der Waals surface area contributed by atoms with Crippen molar-refractivity contribution < 1.29 is 8.42 Å². The van der Waals surface area contributed by atoms with Crippen molar-refractivity contribution >= 4 is 9.84 Å². The minimum absolute atomic E-state index is 0.245. The molecule has 0 unspecified atom stereocenters. The summed E-state index contributed by atoms with van der Waals surface area (Å²) in [4.78, 5) is 0. The fourth-order valence-corrected chi connectivity index (χ4v) is 3.05. The highest BCUT2D eigenvalue weighted by molar-refractivity contribution is 7.91. The van der Waals surface area contributed by atoms with Gasteiger partial charge in [0.1, 0.15) is 9.84 Å². The van der Waals surface area contributed by atoms with Crippen LogP contribution in [-0.2, 0) is 9.84 Å². The van der Waals surface area contributed by atoms with Gasteiger partial charge in [0.15, 0.2) is 0 Å². The molecule has 0 aromatic carbocycles. The van der Waals surface area contributed by atoms with E-state index in [-0.39, 0.29) is 17.5 Å². The zero-order valence-corrected chi connectivity index (χ0v) is 8.00. The van der Waals surface area contributed by atoms with Crippen LogP contribution in [-0.4, -0.2) is 29.7 Å². The van der Waals surface area contributed by atoms with Crippen molar-refractivity contribution in [1.29, 1.82) is 0 Å². The number of rotatable bonds is 1. The molecule has 1 saturated heterocycles. The molecule has 0 N–H and O–H groups in total. The highest BCUT2D eigenvalue weighted by atomic mass is 32.2. The van der Waals surface area contributed by atoms with Gasteiger partial charge in [-0.2, -0.15) is 5.10 Å². The van der Waals surface area contributed by atoms with E-state index in [4.69, 9.17) is 0 Å². The van der Waals surface area contributed by atoms with Crippen molar-refractivity contribution in [3.05, 3.63) is 18.5 Å². The molecule has 1 aromatic rings. The number of nitrogens with zero attached hydrogens (tertiary/aromatic N) is 2. The van der Waals surface area contributed by atoms with E-state index >= 15 is 0 Å². The zero-order chi connectivity index (χ0) is 9.31. The smallest absolute Gasteiger partial charge is 0.150 e. The lowest BCUT2D eigenvalue weighted by Crippen LogP contribution is -2.25. The normalized spacial score (nSPS) is 23.1. The summed E-state index contributed by atoms with van der Waals surface area (Å²) in [5, 5.41) is 4.05. The molecule has 1 radical (unpaired) electrons. The van der Waals surface area contributed by atoms with Crippen LogP contribution in [0.25, 0.3) is 0 Å². The van der Waals surface area contributed by atoms with Gasteiger partial charge in [0.05, 0.1) is 23.7 Å². The van der Waals surface area contributed by atoms with Gasteiger partial charge in [0.2, 0.25) is 0 Å². The molecule has 13 heavy (non-hydrogen) atoms. The second-order valence-corrected chi connectivity index (χ2v) is 5.61. The van der Waals surface area contributed by atoms with Gasteiger partial charge < -0.3 is 0 Å². The van der Waals surface area contributed by atoms with Crippen molar-refractivity contribution in [2.24, 2.45) is 0 Å². The first-order valence-corrected chi connectivity index (χ1v) is 6.10. The minimum Gasteiger partial charge on any atom is -0.269 e. The molecular formula is C8H11N2O2S. The lowest BCUT2D eigenvalue weighted by molar-refractivity contribution is 0.413. The summed E-state index contributed by atoms with van der Waals surface area (Å²) in [7, 11) is -2.76. The molecule has 0 saturated carbocycles. The summed E-state index contributed by atoms with van der Waals surface area (Å²) in [6.45, 7) is 0. The van der Waals surface area contributed by atoms with E-state index in [9.17, 15) is 8.42 Å². The molecule has 0 atom stereocenters. The van der Waals surface area contributed by atoms with Crippen molar-refractivity contribution in [3.8, 4) is 0 Å². The van der Waals surface area contributed by atoms with Gasteiger partial charge in [-0.1, -0.05) is 0 Å². The minimum atomic E-state index is -2.76. The first-order chi connectivity index (χ1) is 6.17. The lowest BCUT2D eigenvalue weighted by atomic mass is 10.2. The van der Waals surface area contributed by atoms with Crippen molar-refractivity contribution in [2.75, 3.05) is 11.5 Å². The average molecular weight is 199 g/mol. The molecule has 5 heteroatoms. The van der Waals surface area contributed by atoms with E-state index in [1.54, 1.807) is 17.1 Å². The first kappa shape index (κ1) is 8.74. The average Bonchev–Trinajstić information content (AvgIpc) is 2.56. The zero-order valence-electron chi connectivity index (χ0n) is 7.18. The summed E-state index contributed by atoms with van der Waals surface area (Å²) in [6, 6.07) is 3.10. The van der Waals surface area contributed by atoms with Crippen LogP contribution in [0.15, 0.2) is 12.4 Å². The molecule has 1 aliphatic heterocycles. The Kier molecular flexibility index (Phi) is 2.11. The van der Waals surface area contributed by atoms with Gasteiger partial charge in [-0.3, -0.25) is 4.68 Å². The van der Waals surface area contributed by atoms with Gasteiger partial charge in [-0.25, -0.2) is 8.42 Å². The predicted octanol–water partition coefficient (Wildman–Crippen LogP) is 0.433. The maximum absolute atomic E-state index is 11.1. The Morgan fingerprint density at radius 2 is 2.08 bits per heavy atom. The highest BCUT2D eigenvalue weighted by Crippen LogP contribution is 2.22. The topological polar surface area (TPSA) is 52.0 Å². The molecule has 1 aliphatic rings. The molecule has 1 fully saturated rings. The molecule has 71 valence electrons. The van der Waals surface area contributed by atoms with Gasteiger partial charge in [0, 0.05) is 12.3 Å². The third-order valence-corrected chi connectivity index (χ3v) is 4.09. The van der Waals surface area contributed by atoms with Crippen LogP contribution < -0.4 is 0 Å². The summed E-state index contributed by atoms with van der Waals surface area (Å²) in [6.07, 6.45) is 4.72. The van der Waals surface area contributed by atoms with Crippen molar-refractivity contribution in [3.63, 3.8) is 0 Å². The highest BCUT2D eigenvalue weighted by Gasteiger charge is 2.24. The Morgan fingerprint density at radius 3 is 2.62 bits per heavy atom. The Bertz CT molecular complexity index is 355. The van der Waals surface area contributed by atoms with Crippen LogP contribution in [0.3, 0.4) is 0 Å². The SMILES string of the molecule is O=S1(=O)CCC(n2c[c]cn2)CC1. The molecule has 4 nitrogen and oxygen atoms in total. The monoisotopic (exact) mass is 199 g/mol. The summed E-state index contributed by atoms with van der Waals surface area (Å²) in [5.74, 6) is 0.578. The molecule has 0 amide bonds. The number of aromatic nitrogens is 2. The first-order valence-electron chi connectivity index (χ1n) is 4.28. The molecule has 2 heterocycles. The third kappa shape index (κ3) is 1.91. The van der Waals surface area contributed by atoms with E-state index in [0.29, 0.717) is 12.8 Å². The van der Waals surface area contributed by atoms with Gasteiger partial charge >= 0.3 is 0 Å². The fraction of sp³-hybridized carbons (Fsp3) is 0.625. The van der Waals surface area contributed by atoms with Gasteiger partial charge in [0.25, 0.3) is 0 Å². The molecule has 1 aromatic heterocycles. The maximum atomic E-state index is 11.1. The Morgan fingerprint density at radius 1 is 1.38 bits per heavy atom. The summed E-state index contributed by atoms with van der Waals surface area (Å²) >= 11 is 0. The lowest BCUT2D eigenvalue weighted by Gasteiger charge is -2.21. The Hall–Kier alpha value is -0.840. The summed E-state index contributed by atoms with van der Waals surface area (Å²) in [5.41, 5.74) is 0. The second-order valence-electron chi connectivity index (χ2n) is 3.30. The van der Waals surface area contributed by atoms with E-state index in [2.05, 4.69) is 11.2 Å². The Balaban J connectivity index is 2.07. The third-order valence-electron chi connectivity index (χ3n) is 2.37. The predicted molar refractivity (Wildman–Crippen MR) is 48.0 cm³/mol. The summed E-state index contributed by atoms with van der Waals surface area (Å²) < 4.78 is 24.1. The largest absolute Gasteiger partial charge is 0.269 e. The molecule has 0 spiro atoms. The number of sulfone groups is 1. The van der Waals surface area contributed by atoms with Gasteiger partial charge in [-0.05, 0) is 12.8 Å². The maximum Gasteiger partial charge on any atom is 0.150 e. The molecule has 2 rings (SSSR count). The van der Waals surface area contributed by atoms with Crippen LogP contribution in [0.1, 0.15) is 18.9 Å². The standard InChI is InChI=1S/C8H11N2O2S/c11-13(12)6-2-8(3-7-13)10-5-1-4-9-10/h4-5,8H,2-3,6-7H2. The molecular weight excluding hydrogens is 188 g/mol. The number of hydrogen-bond acceptors (Lipinski definition) is 3. The molecule has 0 bridgehead atoms. The van der Waals surface area contributed by atoms with Crippen molar-refractivity contribution in [2.45, 2.75) is 18.9 Å². The van der Waals surface area contributed by atoms with Crippen LogP contribution in [0.2, 0.25) is 0 Å². The molecule has 0 aliphatic carbocycles. The van der Waals surface area contributed by atoms with E-state index < -0.39 is 9.84 Å². The fourth-order valence-electron chi connectivity index (χ4n) is 1.58. The quantitative estimate of drug-likeness (QED) is 0.659. The number of hydrogen-bond donors (Lipinski definition) is 0. The van der Waals surface area contributed by atoms with E-state index in [1.165, 1.54) is 0 Å². The van der Waals surface area contributed by atoms with Crippen LogP contribution >= 0.6 is 0 Å². The van der Waals surface area contributed by atoms with Crippen molar-refractivity contribution in [1.82, 2.24) is 9.78 Å². The van der Waals surface area contributed by atoms with Crippen LogP contribution in [0.4, 0.5) is 0 Å². The second kappa shape index (κ2) is 3.14. The van der Waals surface area contributed by atoms with Gasteiger partial charge in [-0.15, -0.1) is 0 Å². The van der Waals surface area contributed by atoms with E-state index in [1.807, 2.05) is 0 Å². The van der Waals surface area contributed by atoms with Crippen LogP contribution in [0, 0.1) is 6.07 Å². The van der Waals surface area contributed by atoms with E-state index in [0.717, 1.165) is 0 Å². The van der Waals surface area contributed by atoms with Crippen LogP contribution in [0.5, 0.6) is 0 Å².